The fourth-order valence-electron chi connectivity index (χ4n) is 3.14. The molecule has 35 heavy (non-hydrogen) atoms. The van der Waals surface area contributed by atoms with Crippen LogP contribution in [-0.4, -0.2) is 31.7 Å². The van der Waals surface area contributed by atoms with Crippen LogP contribution >= 0.6 is 22.6 Å². The van der Waals surface area contributed by atoms with Crippen LogP contribution in [0.5, 0.6) is 11.5 Å². The minimum absolute atomic E-state index is 0.151. The number of benzene rings is 3. The normalized spacial score (nSPS) is 10.9. The van der Waals surface area contributed by atoms with Gasteiger partial charge < -0.3 is 19.2 Å². The van der Waals surface area contributed by atoms with Crippen LogP contribution in [0.1, 0.15) is 16.1 Å². The van der Waals surface area contributed by atoms with Gasteiger partial charge in [-0.15, -0.1) is 0 Å². The monoisotopic (exact) mass is 587 g/mol. The van der Waals surface area contributed by atoms with Crippen molar-refractivity contribution in [1.82, 2.24) is 5.43 Å². The number of halogens is 2. The van der Waals surface area contributed by atoms with E-state index < -0.39 is 17.6 Å². The number of amides is 2. The molecule has 0 aliphatic carbocycles. The molecule has 1 aromatic heterocycles. The second-order valence-corrected chi connectivity index (χ2v) is 8.39. The lowest BCUT2D eigenvalue weighted by atomic mass is 10.2. The van der Waals surface area contributed by atoms with Crippen molar-refractivity contribution >= 4 is 57.3 Å². The molecule has 0 radical (unpaired) electrons. The van der Waals surface area contributed by atoms with Crippen LogP contribution < -0.4 is 20.2 Å². The summed E-state index contributed by atoms with van der Waals surface area (Å²) in [5.41, 5.74) is 4.14. The Kier molecular flexibility index (Phi) is 7.60. The lowest BCUT2D eigenvalue weighted by Crippen LogP contribution is -2.20. The highest BCUT2D eigenvalue weighted by atomic mass is 127. The molecule has 4 rings (SSSR count). The van der Waals surface area contributed by atoms with Crippen molar-refractivity contribution in [3.05, 3.63) is 87.4 Å². The Morgan fingerprint density at radius 3 is 2.63 bits per heavy atom. The van der Waals surface area contributed by atoms with Gasteiger partial charge in [0.15, 0.2) is 23.9 Å². The van der Waals surface area contributed by atoms with Crippen LogP contribution in [0.2, 0.25) is 0 Å². The number of nitrogens with one attached hydrogen (secondary N) is 2. The largest absolute Gasteiger partial charge is 0.493 e. The first-order chi connectivity index (χ1) is 16.9. The third kappa shape index (κ3) is 6.15. The highest BCUT2D eigenvalue weighted by Gasteiger charge is 2.14. The number of rotatable bonds is 8. The summed E-state index contributed by atoms with van der Waals surface area (Å²) in [4.78, 5) is 24.5. The molecular formula is C25H19FIN3O5. The number of para-hydroxylation sites is 1. The van der Waals surface area contributed by atoms with E-state index in [1.807, 2.05) is 40.8 Å². The smallest absolute Gasteiger partial charge is 0.307 e. The lowest BCUT2D eigenvalue weighted by molar-refractivity contribution is -0.118. The highest BCUT2D eigenvalue weighted by Crippen LogP contribution is 2.33. The summed E-state index contributed by atoms with van der Waals surface area (Å²) in [6.45, 7) is -0.273. The first-order valence-corrected chi connectivity index (χ1v) is 11.4. The zero-order chi connectivity index (χ0) is 24.8. The van der Waals surface area contributed by atoms with Crippen LogP contribution in [0, 0.1) is 9.39 Å². The summed E-state index contributed by atoms with van der Waals surface area (Å²) >= 11 is 2.05. The maximum atomic E-state index is 13.0. The fraction of sp³-hybridized carbons (Fsp3) is 0.0800. The summed E-state index contributed by atoms with van der Waals surface area (Å²) in [6.07, 6.45) is 1.45. The molecule has 4 aromatic rings. The zero-order valence-corrected chi connectivity index (χ0v) is 20.5. The van der Waals surface area contributed by atoms with Gasteiger partial charge in [0.2, 0.25) is 0 Å². The predicted octanol–water partition coefficient (Wildman–Crippen LogP) is 4.97. The summed E-state index contributed by atoms with van der Waals surface area (Å²) in [5.74, 6) is -0.364. The van der Waals surface area contributed by atoms with Crippen molar-refractivity contribution in [3.8, 4) is 11.5 Å². The van der Waals surface area contributed by atoms with Crippen LogP contribution in [0.15, 0.2) is 76.2 Å². The maximum absolute atomic E-state index is 13.0. The van der Waals surface area contributed by atoms with Crippen LogP contribution in [0.25, 0.3) is 11.0 Å². The van der Waals surface area contributed by atoms with Gasteiger partial charge in [0, 0.05) is 11.1 Å². The summed E-state index contributed by atoms with van der Waals surface area (Å²) in [7, 11) is 1.47. The van der Waals surface area contributed by atoms with Crippen molar-refractivity contribution in [2.45, 2.75) is 0 Å². The molecule has 0 saturated carbocycles. The van der Waals surface area contributed by atoms with Crippen molar-refractivity contribution in [2.75, 3.05) is 19.0 Å². The number of methoxy groups -OCH3 is 1. The van der Waals surface area contributed by atoms with Crippen molar-refractivity contribution in [2.24, 2.45) is 5.10 Å². The number of anilines is 1. The topological polar surface area (TPSA) is 102 Å². The van der Waals surface area contributed by atoms with Gasteiger partial charge in [-0.1, -0.05) is 18.2 Å². The van der Waals surface area contributed by atoms with Gasteiger partial charge in [0.05, 0.1) is 16.9 Å². The SMILES string of the molecule is COc1cc(/C=N/NC(=O)c2cc3ccccc3o2)cc(I)c1OCC(=O)Nc1ccc(F)cc1. The van der Waals surface area contributed by atoms with Gasteiger partial charge in [-0.2, -0.15) is 5.10 Å². The number of hydrazone groups is 1. The van der Waals surface area contributed by atoms with E-state index in [1.54, 1.807) is 24.3 Å². The Hall–Kier alpha value is -3.93. The van der Waals surface area contributed by atoms with Crippen LogP contribution in [-0.2, 0) is 4.79 Å². The first kappa shape index (κ1) is 24.2. The van der Waals surface area contributed by atoms with E-state index in [4.69, 9.17) is 13.9 Å². The molecule has 8 nitrogen and oxygen atoms in total. The zero-order valence-electron chi connectivity index (χ0n) is 18.4. The van der Waals surface area contributed by atoms with Crippen molar-refractivity contribution in [1.29, 1.82) is 0 Å². The van der Waals surface area contributed by atoms with Gasteiger partial charge in [-0.25, -0.2) is 9.82 Å². The van der Waals surface area contributed by atoms with Gasteiger partial charge in [-0.3, -0.25) is 9.59 Å². The molecule has 0 bridgehead atoms. The van der Waals surface area contributed by atoms with Crippen molar-refractivity contribution in [3.63, 3.8) is 0 Å². The Labute approximate surface area is 213 Å². The number of carbonyl (C=O) groups excluding carboxylic acids is 2. The lowest BCUT2D eigenvalue weighted by Gasteiger charge is -2.13. The third-order valence-corrected chi connectivity index (χ3v) is 5.56. The Morgan fingerprint density at radius 2 is 1.89 bits per heavy atom. The summed E-state index contributed by atoms with van der Waals surface area (Å²) < 4.78 is 30.2. The summed E-state index contributed by atoms with van der Waals surface area (Å²) in [6, 6.07) is 17.8. The maximum Gasteiger partial charge on any atom is 0.307 e. The number of fused-ring (bicyclic) bond motifs is 1. The number of nitrogens with zero attached hydrogens (tertiary/aromatic N) is 1. The molecule has 0 aliphatic heterocycles. The second-order valence-electron chi connectivity index (χ2n) is 7.23. The van der Waals surface area contributed by atoms with E-state index in [-0.39, 0.29) is 12.4 Å². The number of hydrogen-bond acceptors (Lipinski definition) is 6. The molecule has 178 valence electrons. The Morgan fingerprint density at radius 1 is 1.11 bits per heavy atom. The van der Waals surface area contributed by atoms with Crippen LogP contribution in [0.3, 0.4) is 0 Å². The molecule has 1 heterocycles. The Balaban J connectivity index is 1.38. The standard InChI is InChI=1S/C25H19FIN3O5/c1-33-21-11-15(13-28-30-25(32)22-12-16-4-2-3-5-20(16)35-22)10-19(27)24(21)34-14-23(31)29-18-8-6-17(26)7-9-18/h2-13H,14H2,1H3,(H,29,31)(H,30,32)/b28-13+. The molecule has 0 unspecified atom stereocenters. The average molecular weight is 587 g/mol. The molecule has 0 atom stereocenters. The molecule has 0 spiro atoms. The minimum atomic E-state index is -0.480. The molecule has 2 amide bonds. The fourth-order valence-corrected chi connectivity index (χ4v) is 3.92. The molecule has 0 saturated heterocycles. The van der Waals surface area contributed by atoms with E-state index in [9.17, 15) is 14.0 Å². The second kappa shape index (κ2) is 11.0. The third-order valence-electron chi connectivity index (χ3n) is 4.76. The molecule has 0 fully saturated rings. The number of hydrogen-bond donors (Lipinski definition) is 2. The van der Waals surface area contributed by atoms with E-state index in [1.165, 1.54) is 37.6 Å². The molecule has 0 aliphatic rings. The quantitative estimate of drug-likeness (QED) is 0.172. The molecule has 10 heteroatoms. The van der Waals surface area contributed by atoms with Gasteiger partial charge in [-0.05, 0) is 76.7 Å². The first-order valence-electron chi connectivity index (χ1n) is 10.3. The van der Waals surface area contributed by atoms with E-state index in [0.29, 0.717) is 31.9 Å². The minimum Gasteiger partial charge on any atom is -0.493 e. The summed E-state index contributed by atoms with van der Waals surface area (Å²) in [5, 5.41) is 7.43. The van der Waals surface area contributed by atoms with Crippen LogP contribution in [0.4, 0.5) is 10.1 Å². The molecule has 3 aromatic carbocycles. The van der Waals surface area contributed by atoms with E-state index in [0.717, 1.165) is 5.39 Å². The van der Waals surface area contributed by atoms with Gasteiger partial charge >= 0.3 is 5.91 Å². The van der Waals surface area contributed by atoms with E-state index >= 15 is 0 Å². The molecular weight excluding hydrogens is 568 g/mol. The number of furan rings is 1. The highest BCUT2D eigenvalue weighted by molar-refractivity contribution is 14.1. The molecule has 2 N–H and O–H groups in total. The van der Waals surface area contributed by atoms with Gasteiger partial charge in [0.25, 0.3) is 5.91 Å². The van der Waals surface area contributed by atoms with Gasteiger partial charge in [0.1, 0.15) is 11.4 Å². The average Bonchev–Trinajstić information content (AvgIpc) is 3.29. The van der Waals surface area contributed by atoms with E-state index in [2.05, 4.69) is 15.8 Å². The predicted molar refractivity (Wildman–Crippen MR) is 138 cm³/mol. The Bertz CT molecular complexity index is 1370. The number of ether oxygens (including phenoxy) is 2. The number of carbonyl (C=O) groups is 2. The van der Waals surface area contributed by atoms with Crippen molar-refractivity contribution < 1.29 is 27.9 Å².